The third-order valence-corrected chi connectivity index (χ3v) is 4.13. The molecule has 0 amide bonds. The van der Waals surface area contributed by atoms with Crippen molar-refractivity contribution in [2.45, 2.75) is 45.6 Å². The maximum atomic E-state index is 10.6. The number of aryl methyl sites for hydroxylation is 1. The molecule has 2 nitrogen and oxygen atoms in total. The Labute approximate surface area is 110 Å². The van der Waals surface area contributed by atoms with Crippen molar-refractivity contribution in [2.24, 2.45) is 11.8 Å². The van der Waals surface area contributed by atoms with Crippen LogP contribution in [0.2, 0.25) is 0 Å². The van der Waals surface area contributed by atoms with Crippen molar-refractivity contribution < 1.29 is 9.84 Å². The second-order valence-electron chi connectivity index (χ2n) is 5.72. The third-order valence-electron chi connectivity index (χ3n) is 4.13. The first-order valence-electron chi connectivity index (χ1n) is 6.94. The first-order valence-corrected chi connectivity index (χ1v) is 6.94. The van der Waals surface area contributed by atoms with Crippen molar-refractivity contribution in [3.63, 3.8) is 0 Å². The predicted octanol–water partition coefficient (Wildman–Crippen LogP) is 3.86. The molecule has 1 fully saturated rings. The summed E-state index contributed by atoms with van der Waals surface area (Å²) in [6.45, 7) is 4.34. The zero-order valence-electron chi connectivity index (χ0n) is 11.6. The van der Waals surface area contributed by atoms with E-state index in [0.29, 0.717) is 5.92 Å². The highest BCUT2D eigenvalue weighted by Crippen LogP contribution is 2.39. The molecule has 1 aliphatic carbocycles. The van der Waals surface area contributed by atoms with Crippen molar-refractivity contribution in [3.8, 4) is 5.75 Å². The van der Waals surface area contributed by atoms with Gasteiger partial charge in [-0.3, -0.25) is 0 Å². The molecule has 1 N–H and O–H groups in total. The van der Waals surface area contributed by atoms with Crippen molar-refractivity contribution in [1.82, 2.24) is 0 Å². The first-order chi connectivity index (χ1) is 8.61. The zero-order valence-corrected chi connectivity index (χ0v) is 11.6. The van der Waals surface area contributed by atoms with Crippen molar-refractivity contribution >= 4 is 0 Å². The smallest absolute Gasteiger partial charge is 0.124 e. The van der Waals surface area contributed by atoms with E-state index in [2.05, 4.69) is 19.9 Å². The van der Waals surface area contributed by atoms with E-state index in [0.717, 1.165) is 30.1 Å². The van der Waals surface area contributed by atoms with Crippen LogP contribution in [0.15, 0.2) is 18.2 Å². The van der Waals surface area contributed by atoms with E-state index in [-0.39, 0.29) is 6.10 Å². The molecule has 2 rings (SSSR count). The lowest BCUT2D eigenvalue weighted by Gasteiger charge is -2.31. The molecule has 0 aromatic heterocycles. The lowest BCUT2D eigenvalue weighted by Crippen LogP contribution is -2.20. The molecule has 1 aliphatic rings. The van der Waals surface area contributed by atoms with E-state index in [9.17, 15) is 5.11 Å². The molecule has 0 heterocycles. The Kier molecular flexibility index (Phi) is 4.28. The van der Waals surface area contributed by atoms with Gasteiger partial charge in [-0.05, 0) is 43.7 Å². The normalized spacial score (nSPS) is 25.8. The number of hydrogen-bond acceptors (Lipinski definition) is 2. The Morgan fingerprint density at radius 3 is 2.78 bits per heavy atom. The lowest BCUT2D eigenvalue weighted by molar-refractivity contribution is 0.0693. The molecule has 0 bridgehead atoms. The minimum Gasteiger partial charge on any atom is -0.496 e. The number of rotatable bonds is 3. The summed E-state index contributed by atoms with van der Waals surface area (Å²) in [7, 11) is 1.67. The van der Waals surface area contributed by atoms with Crippen LogP contribution in [0.25, 0.3) is 0 Å². The van der Waals surface area contributed by atoms with Gasteiger partial charge in [0.05, 0.1) is 13.2 Å². The quantitative estimate of drug-likeness (QED) is 0.880. The molecule has 18 heavy (non-hydrogen) atoms. The zero-order chi connectivity index (χ0) is 13.1. The van der Waals surface area contributed by atoms with Gasteiger partial charge in [0.2, 0.25) is 0 Å². The number of hydrogen-bond donors (Lipinski definition) is 1. The Bertz CT molecular complexity index is 400. The summed E-state index contributed by atoms with van der Waals surface area (Å²) in [5.74, 6) is 1.92. The van der Waals surface area contributed by atoms with E-state index in [1.54, 1.807) is 7.11 Å². The van der Waals surface area contributed by atoms with Crippen LogP contribution < -0.4 is 4.74 Å². The number of aliphatic hydroxyl groups excluding tert-OH is 1. The van der Waals surface area contributed by atoms with Gasteiger partial charge in [-0.2, -0.15) is 0 Å². The van der Waals surface area contributed by atoms with Crippen molar-refractivity contribution in [3.05, 3.63) is 29.3 Å². The van der Waals surface area contributed by atoms with Gasteiger partial charge < -0.3 is 9.84 Å². The highest BCUT2D eigenvalue weighted by atomic mass is 16.5. The molecule has 1 saturated carbocycles. The standard InChI is InChI=1S/C16H24O2/c1-11-5-4-6-13(9-11)16(17)14-10-12(2)7-8-15(14)18-3/h7-8,10-11,13,16-17H,4-6,9H2,1-3H3. The van der Waals surface area contributed by atoms with Gasteiger partial charge in [0.15, 0.2) is 0 Å². The molecule has 3 unspecified atom stereocenters. The molecule has 1 aromatic carbocycles. The molecule has 0 saturated heterocycles. The largest absolute Gasteiger partial charge is 0.496 e. The summed E-state index contributed by atoms with van der Waals surface area (Å²) in [5, 5.41) is 10.6. The molecule has 3 atom stereocenters. The highest BCUT2D eigenvalue weighted by Gasteiger charge is 2.28. The maximum Gasteiger partial charge on any atom is 0.124 e. The fraction of sp³-hybridized carbons (Fsp3) is 0.625. The summed E-state index contributed by atoms with van der Waals surface area (Å²) in [6, 6.07) is 6.04. The van der Waals surface area contributed by atoms with Crippen molar-refractivity contribution in [1.29, 1.82) is 0 Å². The van der Waals surface area contributed by atoms with Gasteiger partial charge >= 0.3 is 0 Å². The summed E-state index contributed by atoms with van der Waals surface area (Å²) in [6.07, 6.45) is 4.40. The van der Waals surface area contributed by atoms with Crippen LogP contribution in [-0.4, -0.2) is 12.2 Å². The number of methoxy groups -OCH3 is 1. The Hall–Kier alpha value is -1.02. The van der Waals surface area contributed by atoms with Crippen LogP contribution in [0, 0.1) is 18.8 Å². The molecular weight excluding hydrogens is 224 g/mol. The van der Waals surface area contributed by atoms with Crippen LogP contribution in [0.1, 0.15) is 49.8 Å². The highest BCUT2D eigenvalue weighted by molar-refractivity contribution is 5.38. The molecule has 1 aromatic rings. The van der Waals surface area contributed by atoms with Gasteiger partial charge in [-0.15, -0.1) is 0 Å². The Morgan fingerprint density at radius 2 is 2.11 bits per heavy atom. The van der Waals surface area contributed by atoms with E-state index < -0.39 is 0 Å². The summed E-state index contributed by atoms with van der Waals surface area (Å²) in [4.78, 5) is 0. The Balaban J connectivity index is 2.21. The number of benzene rings is 1. The fourth-order valence-electron chi connectivity index (χ4n) is 3.11. The molecule has 0 radical (unpaired) electrons. The van der Waals surface area contributed by atoms with Crippen LogP contribution in [0.4, 0.5) is 0 Å². The van der Waals surface area contributed by atoms with Crippen LogP contribution in [0.3, 0.4) is 0 Å². The SMILES string of the molecule is COc1ccc(C)cc1C(O)C1CCCC(C)C1. The van der Waals surface area contributed by atoms with Crippen molar-refractivity contribution in [2.75, 3.05) is 7.11 Å². The van der Waals surface area contributed by atoms with Gasteiger partial charge in [0, 0.05) is 5.56 Å². The van der Waals surface area contributed by atoms with Gasteiger partial charge in [-0.1, -0.05) is 31.4 Å². The fourth-order valence-corrected chi connectivity index (χ4v) is 3.11. The van der Waals surface area contributed by atoms with Gasteiger partial charge in [-0.25, -0.2) is 0 Å². The second-order valence-corrected chi connectivity index (χ2v) is 5.72. The van der Waals surface area contributed by atoms with E-state index in [4.69, 9.17) is 4.74 Å². The summed E-state index contributed by atoms with van der Waals surface area (Å²) < 4.78 is 5.38. The molecule has 2 heteroatoms. The number of ether oxygens (including phenoxy) is 1. The average Bonchev–Trinajstić information content (AvgIpc) is 2.38. The predicted molar refractivity (Wildman–Crippen MR) is 73.8 cm³/mol. The summed E-state index contributed by atoms with van der Waals surface area (Å²) >= 11 is 0. The van der Waals surface area contributed by atoms with Gasteiger partial charge in [0.1, 0.15) is 5.75 Å². The summed E-state index contributed by atoms with van der Waals surface area (Å²) in [5.41, 5.74) is 2.13. The van der Waals surface area contributed by atoms with Crippen LogP contribution in [0.5, 0.6) is 5.75 Å². The minimum absolute atomic E-state index is 0.379. The topological polar surface area (TPSA) is 29.5 Å². The number of aliphatic hydroxyl groups is 1. The van der Waals surface area contributed by atoms with E-state index >= 15 is 0 Å². The van der Waals surface area contributed by atoms with Gasteiger partial charge in [0.25, 0.3) is 0 Å². The van der Waals surface area contributed by atoms with Crippen LogP contribution in [-0.2, 0) is 0 Å². The van der Waals surface area contributed by atoms with Crippen LogP contribution >= 0.6 is 0 Å². The van der Waals surface area contributed by atoms with E-state index in [1.807, 2.05) is 12.1 Å². The molecule has 100 valence electrons. The Morgan fingerprint density at radius 1 is 1.33 bits per heavy atom. The maximum absolute atomic E-state index is 10.6. The third kappa shape index (κ3) is 2.86. The lowest BCUT2D eigenvalue weighted by atomic mass is 9.77. The minimum atomic E-state index is -0.386. The van der Waals surface area contributed by atoms with E-state index in [1.165, 1.54) is 18.4 Å². The average molecular weight is 248 g/mol. The second kappa shape index (κ2) is 5.75. The molecular formula is C16H24O2. The molecule has 0 aliphatic heterocycles. The molecule has 0 spiro atoms. The monoisotopic (exact) mass is 248 g/mol. The first kappa shape index (κ1) is 13.4.